The number of aromatic nitrogens is 2. The monoisotopic (exact) mass is 248 g/mol. The Bertz CT molecular complexity index is 476. The zero-order valence-electron chi connectivity index (χ0n) is 10.00. The average molecular weight is 248 g/mol. The lowest BCUT2D eigenvalue weighted by Crippen LogP contribution is -2.02. The number of benzene rings is 1. The molecule has 0 spiro atoms. The quantitative estimate of drug-likeness (QED) is 0.842. The fourth-order valence-corrected chi connectivity index (χ4v) is 2.48. The van der Waals surface area contributed by atoms with Gasteiger partial charge in [0, 0.05) is 28.6 Å². The summed E-state index contributed by atoms with van der Waals surface area (Å²) >= 11 is 1.75. The highest BCUT2D eigenvalue weighted by molar-refractivity contribution is 7.98. The molecule has 0 bridgehead atoms. The van der Waals surface area contributed by atoms with E-state index in [-0.39, 0.29) is 0 Å². The van der Waals surface area contributed by atoms with E-state index >= 15 is 0 Å². The molecule has 4 heteroatoms. The summed E-state index contributed by atoms with van der Waals surface area (Å²) in [4.78, 5) is 5.33. The molecular weight excluding hydrogens is 232 g/mol. The molecule has 1 N–H and O–H groups in total. The lowest BCUT2D eigenvalue weighted by Gasteiger charge is -2.11. The second-order valence-electron chi connectivity index (χ2n) is 4.17. The van der Waals surface area contributed by atoms with Crippen LogP contribution in [0, 0.1) is 0 Å². The molecule has 3 nitrogen and oxygen atoms in total. The van der Waals surface area contributed by atoms with Crippen molar-refractivity contribution >= 4 is 11.8 Å². The molecule has 0 unspecified atom stereocenters. The van der Waals surface area contributed by atoms with Crippen molar-refractivity contribution in [3.63, 3.8) is 0 Å². The topological polar surface area (TPSA) is 38.0 Å². The number of thioether (sulfide) groups is 1. The van der Waals surface area contributed by atoms with E-state index < -0.39 is 0 Å². The summed E-state index contributed by atoms with van der Waals surface area (Å²) in [6.07, 6.45) is 3.78. The van der Waals surface area contributed by atoms with Gasteiger partial charge in [-0.15, -0.1) is 11.8 Å². The lowest BCUT2D eigenvalue weighted by atomic mass is 10.3. The molecule has 90 valence electrons. The summed E-state index contributed by atoms with van der Waals surface area (Å²) in [5.41, 5.74) is 1.22. The maximum atomic E-state index is 9.20. The minimum atomic E-state index is 0.307. The van der Waals surface area contributed by atoms with Crippen LogP contribution in [0.1, 0.15) is 25.6 Å². The van der Waals surface area contributed by atoms with Gasteiger partial charge in [0.2, 0.25) is 0 Å². The van der Waals surface area contributed by atoms with Gasteiger partial charge < -0.3 is 9.67 Å². The van der Waals surface area contributed by atoms with Crippen LogP contribution in [0.2, 0.25) is 0 Å². The predicted octanol–water partition coefficient (Wildman–Crippen LogP) is 3.46. The van der Waals surface area contributed by atoms with Gasteiger partial charge in [-0.05, 0) is 38.1 Å². The maximum Gasteiger partial charge on any atom is 0.115 e. The van der Waals surface area contributed by atoms with E-state index in [0.717, 1.165) is 10.6 Å². The Kier molecular flexibility index (Phi) is 3.74. The number of hydrogen-bond donors (Lipinski definition) is 1. The van der Waals surface area contributed by atoms with Crippen molar-refractivity contribution in [2.75, 3.05) is 0 Å². The van der Waals surface area contributed by atoms with Crippen LogP contribution in [0.25, 0.3) is 0 Å². The minimum Gasteiger partial charge on any atom is -0.508 e. The largest absolute Gasteiger partial charge is 0.508 e. The van der Waals surface area contributed by atoms with E-state index in [4.69, 9.17) is 0 Å². The van der Waals surface area contributed by atoms with Gasteiger partial charge in [-0.1, -0.05) is 0 Å². The minimum absolute atomic E-state index is 0.307. The highest BCUT2D eigenvalue weighted by atomic mass is 32.2. The molecule has 1 aromatic carbocycles. The first-order chi connectivity index (χ1) is 8.16. The Labute approximate surface area is 106 Å². The van der Waals surface area contributed by atoms with Crippen molar-refractivity contribution in [3.05, 3.63) is 42.5 Å². The summed E-state index contributed by atoms with van der Waals surface area (Å²) < 4.78 is 2.17. The zero-order chi connectivity index (χ0) is 12.3. The molecule has 2 rings (SSSR count). The van der Waals surface area contributed by atoms with Crippen LogP contribution in [-0.4, -0.2) is 14.7 Å². The third-order valence-electron chi connectivity index (χ3n) is 2.53. The molecule has 1 heterocycles. The van der Waals surface area contributed by atoms with Crippen LogP contribution in [0.3, 0.4) is 0 Å². The Hall–Kier alpha value is -1.42. The van der Waals surface area contributed by atoms with Gasteiger partial charge in [0.15, 0.2) is 0 Å². The van der Waals surface area contributed by atoms with Gasteiger partial charge >= 0.3 is 0 Å². The van der Waals surface area contributed by atoms with Crippen LogP contribution in [0.5, 0.6) is 5.75 Å². The highest BCUT2D eigenvalue weighted by Gasteiger charge is 2.05. The van der Waals surface area contributed by atoms with Crippen molar-refractivity contribution in [2.45, 2.75) is 30.5 Å². The Balaban J connectivity index is 2.02. The first-order valence-electron chi connectivity index (χ1n) is 5.59. The van der Waals surface area contributed by atoms with E-state index in [2.05, 4.69) is 23.4 Å². The van der Waals surface area contributed by atoms with E-state index in [1.54, 1.807) is 23.9 Å². The summed E-state index contributed by atoms with van der Waals surface area (Å²) in [7, 11) is 0. The summed E-state index contributed by atoms with van der Waals surface area (Å²) in [5, 5.41) is 9.20. The average Bonchev–Trinajstić information content (AvgIpc) is 2.76. The second kappa shape index (κ2) is 5.27. The number of hydrogen-bond acceptors (Lipinski definition) is 3. The van der Waals surface area contributed by atoms with E-state index in [9.17, 15) is 5.11 Å². The number of phenols is 1. The van der Waals surface area contributed by atoms with Crippen LogP contribution in [-0.2, 0) is 5.75 Å². The second-order valence-corrected chi connectivity index (χ2v) is 5.22. The molecular formula is C13H16N2OS. The predicted molar refractivity (Wildman–Crippen MR) is 70.3 cm³/mol. The molecule has 0 atom stereocenters. The van der Waals surface area contributed by atoms with Gasteiger partial charge in [0.05, 0.1) is 6.33 Å². The molecule has 17 heavy (non-hydrogen) atoms. The standard InChI is InChI=1S/C13H16N2OS/c1-10(2)15-9-14-7-11(15)8-17-13-5-3-12(16)4-6-13/h3-7,9-10,16H,8H2,1-2H3. The van der Waals surface area contributed by atoms with Crippen LogP contribution >= 0.6 is 11.8 Å². The van der Waals surface area contributed by atoms with E-state index in [1.807, 2.05) is 24.7 Å². The Morgan fingerprint density at radius 3 is 2.65 bits per heavy atom. The molecule has 0 saturated carbocycles. The Morgan fingerprint density at radius 1 is 1.29 bits per heavy atom. The Morgan fingerprint density at radius 2 is 2.00 bits per heavy atom. The van der Waals surface area contributed by atoms with E-state index in [0.29, 0.717) is 11.8 Å². The maximum absolute atomic E-state index is 9.20. The van der Waals surface area contributed by atoms with Crippen molar-refractivity contribution in [2.24, 2.45) is 0 Å². The van der Waals surface area contributed by atoms with Crippen LogP contribution < -0.4 is 0 Å². The SMILES string of the molecule is CC(C)n1cncc1CSc1ccc(O)cc1. The molecule has 0 aliphatic heterocycles. The van der Waals surface area contributed by atoms with Crippen LogP contribution in [0.15, 0.2) is 41.7 Å². The first kappa shape index (κ1) is 12.0. The van der Waals surface area contributed by atoms with Crippen LogP contribution in [0.4, 0.5) is 0 Å². The number of rotatable bonds is 4. The summed E-state index contributed by atoms with van der Waals surface area (Å²) in [6, 6.07) is 7.71. The lowest BCUT2D eigenvalue weighted by molar-refractivity contribution is 0.475. The number of phenolic OH excluding ortho intramolecular Hbond substituents is 1. The van der Waals surface area contributed by atoms with Gasteiger partial charge in [-0.25, -0.2) is 4.98 Å². The molecule has 0 fully saturated rings. The van der Waals surface area contributed by atoms with Gasteiger partial charge in [-0.3, -0.25) is 0 Å². The van der Waals surface area contributed by atoms with Gasteiger partial charge in [-0.2, -0.15) is 0 Å². The van der Waals surface area contributed by atoms with Crippen molar-refractivity contribution in [3.8, 4) is 5.75 Å². The third kappa shape index (κ3) is 3.03. The molecule has 2 aromatic rings. The molecule has 0 aliphatic rings. The molecule has 0 radical (unpaired) electrons. The summed E-state index contributed by atoms with van der Waals surface area (Å²) in [5.74, 6) is 1.20. The zero-order valence-corrected chi connectivity index (χ0v) is 10.8. The van der Waals surface area contributed by atoms with Gasteiger partial charge in [0.1, 0.15) is 5.75 Å². The number of imidazole rings is 1. The molecule has 0 amide bonds. The fraction of sp³-hybridized carbons (Fsp3) is 0.308. The number of aromatic hydroxyl groups is 1. The van der Waals surface area contributed by atoms with Crippen molar-refractivity contribution in [1.29, 1.82) is 0 Å². The normalized spacial score (nSPS) is 11.0. The first-order valence-corrected chi connectivity index (χ1v) is 6.58. The van der Waals surface area contributed by atoms with Crippen molar-refractivity contribution in [1.82, 2.24) is 9.55 Å². The highest BCUT2D eigenvalue weighted by Crippen LogP contribution is 2.25. The number of nitrogens with zero attached hydrogens (tertiary/aromatic N) is 2. The third-order valence-corrected chi connectivity index (χ3v) is 3.57. The molecule has 0 saturated heterocycles. The van der Waals surface area contributed by atoms with Gasteiger partial charge in [0.25, 0.3) is 0 Å². The summed E-state index contributed by atoms with van der Waals surface area (Å²) in [6.45, 7) is 4.30. The molecule has 0 aliphatic carbocycles. The fourth-order valence-electron chi connectivity index (χ4n) is 1.61. The van der Waals surface area contributed by atoms with E-state index in [1.165, 1.54) is 5.69 Å². The smallest absolute Gasteiger partial charge is 0.115 e. The van der Waals surface area contributed by atoms with Crippen molar-refractivity contribution < 1.29 is 5.11 Å². The molecule has 1 aromatic heterocycles.